The molecule has 2 aromatic carbocycles. The predicted octanol–water partition coefficient (Wildman–Crippen LogP) is 6.50. The number of benzene rings is 2. The zero-order chi connectivity index (χ0) is 25.6. The van der Waals surface area contributed by atoms with Crippen LogP contribution in [0.25, 0.3) is 10.2 Å². The molecule has 4 aromatic rings. The van der Waals surface area contributed by atoms with Crippen LogP contribution in [0.1, 0.15) is 60.2 Å². The normalized spacial score (nSPS) is 16.0. The molecule has 0 aliphatic carbocycles. The van der Waals surface area contributed by atoms with E-state index in [0.29, 0.717) is 40.2 Å². The fraction of sp³-hybridized carbons (Fsp3) is 0.250. The second-order valence-corrected chi connectivity index (χ2v) is 9.97. The van der Waals surface area contributed by atoms with Crippen LogP contribution < -0.4 is 9.64 Å². The molecule has 0 fully saturated rings. The highest BCUT2D eigenvalue weighted by molar-refractivity contribution is 7.22. The topological polar surface area (TPSA) is 92.9 Å². The van der Waals surface area contributed by atoms with E-state index in [-0.39, 0.29) is 11.3 Å². The number of thiazole rings is 1. The lowest BCUT2D eigenvalue weighted by Crippen LogP contribution is -2.31. The molecule has 0 saturated carbocycles. The van der Waals surface area contributed by atoms with Crippen LogP contribution in [0.2, 0.25) is 0 Å². The lowest BCUT2D eigenvalue weighted by molar-refractivity contribution is -0.117. The van der Waals surface area contributed by atoms with Gasteiger partial charge in [0.25, 0.3) is 5.91 Å². The standard InChI is InChI=1S/C28H26N2O5S/c1-5-34-19-11-12-20-22(14-19)36-28(29-20)30-24(18-9-7-17(8-10-18)15(2)3)23(26(32)27(30)33)25(31)21-13-6-16(4)35-21/h6-15,24,32H,5H2,1-4H3/t24-/m0/s1. The molecule has 0 unspecified atom stereocenters. The van der Waals surface area contributed by atoms with Gasteiger partial charge in [-0.25, -0.2) is 4.98 Å². The quantitative estimate of drug-likeness (QED) is 0.290. The third-order valence-electron chi connectivity index (χ3n) is 6.20. The van der Waals surface area contributed by atoms with Gasteiger partial charge in [0.2, 0.25) is 5.78 Å². The van der Waals surface area contributed by atoms with E-state index in [2.05, 4.69) is 18.8 Å². The molecule has 0 saturated heterocycles. The van der Waals surface area contributed by atoms with Gasteiger partial charge in [0.15, 0.2) is 16.7 Å². The summed E-state index contributed by atoms with van der Waals surface area (Å²) in [5, 5.41) is 11.4. The molecule has 36 heavy (non-hydrogen) atoms. The van der Waals surface area contributed by atoms with Gasteiger partial charge in [-0.1, -0.05) is 49.4 Å². The number of aryl methyl sites for hydroxylation is 1. The average molecular weight is 503 g/mol. The SMILES string of the molecule is CCOc1ccc2nc(N3C(=O)C(O)=C(C(=O)c4ccc(C)o4)[C@@H]3c3ccc(C(C)C)cc3)sc2c1. The zero-order valence-electron chi connectivity index (χ0n) is 20.4. The van der Waals surface area contributed by atoms with Gasteiger partial charge in [0.1, 0.15) is 11.5 Å². The number of rotatable bonds is 7. The number of hydrogen-bond donors (Lipinski definition) is 1. The van der Waals surface area contributed by atoms with Crippen molar-refractivity contribution in [3.05, 3.63) is 88.6 Å². The van der Waals surface area contributed by atoms with Gasteiger partial charge in [0.05, 0.1) is 28.4 Å². The molecule has 8 heteroatoms. The summed E-state index contributed by atoms with van der Waals surface area (Å²) in [5.74, 6) is -0.148. The van der Waals surface area contributed by atoms with Crippen LogP contribution >= 0.6 is 11.3 Å². The van der Waals surface area contributed by atoms with Crippen molar-refractivity contribution in [2.24, 2.45) is 0 Å². The summed E-state index contributed by atoms with van der Waals surface area (Å²) in [4.78, 5) is 33.0. The molecule has 0 radical (unpaired) electrons. The summed E-state index contributed by atoms with van der Waals surface area (Å²) < 4.78 is 12.0. The molecule has 1 atom stereocenters. The van der Waals surface area contributed by atoms with Crippen molar-refractivity contribution in [2.45, 2.75) is 39.7 Å². The highest BCUT2D eigenvalue weighted by atomic mass is 32.1. The van der Waals surface area contributed by atoms with Crippen LogP contribution in [0.15, 0.2) is 70.3 Å². The van der Waals surface area contributed by atoms with E-state index in [1.165, 1.54) is 16.2 Å². The Labute approximate surface area is 212 Å². The number of furan rings is 1. The van der Waals surface area contributed by atoms with Crippen LogP contribution in [0.5, 0.6) is 5.75 Å². The minimum atomic E-state index is -0.858. The van der Waals surface area contributed by atoms with E-state index in [0.717, 1.165) is 10.3 Å². The van der Waals surface area contributed by atoms with Gasteiger partial charge >= 0.3 is 0 Å². The Morgan fingerprint density at radius 2 is 1.92 bits per heavy atom. The Hall–Kier alpha value is -3.91. The highest BCUT2D eigenvalue weighted by Gasteiger charge is 2.46. The summed E-state index contributed by atoms with van der Waals surface area (Å²) in [6.07, 6.45) is 0. The molecular formula is C28H26N2O5S. The molecule has 1 aliphatic rings. The number of amides is 1. The van der Waals surface area contributed by atoms with Crippen LogP contribution in [0, 0.1) is 6.92 Å². The number of aromatic nitrogens is 1. The molecule has 7 nitrogen and oxygen atoms in total. The van der Waals surface area contributed by atoms with Crippen LogP contribution in [0.4, 0.5) is 5.13 Å². The second-order valence-electron chi connectivity index (χ2n) is 8.96. The summed E-state index contributed by atoms with van der Waals surface area (Å²) in [6, 6.07) is 15.6. The fourth-order valence-electron chi connectivity index (χ4n) is 4.35. The summed E-state index contributed by atoms with van der Waals surface area (Å²) in [6.45, 7) is 8.37. The van der Waals surface area contributed by atoms with Crippen molar-refractivity contribution in [3.63, 3.8) is 0 Å². The first-order valence-corrected chi connectivity index (χ1v) is 12.6. The maximum absolute atomic E-state index is 13.5. The Kier molecular flexibility index (Phi) is 6.14. The van der Waals surface area contributed by atoms with Gasteiger partial charge in [-0.2, -0.15) is 0 Å². The number of Topliss-reactive ketones (excluding diaryl/α,β-unsaturated/α-hetero) is 1. The highest BCUT2D eigenvalue weighted by Crippen LogP contribution is 2.44. The smallest absolute Gasteiger partial charge is 0.296 e. The van der Waals surface area contributed by atoms with Crippen molar-refractivity contribution in [1.29, 1.82) is 0 Å². The van der Waals surface area contributed by atoms with Gasteiger partial charge in [0, 0.05) is 0 Å². The number of fused-ring (bicyclic) bond motifs is 1. The van der Waals surface area contributed by atoms with Crippen LogP contribution in [-0.4, -0.2) is 28.4 Å². The molecule has 5 rings (SSSR count). The maximum atomic E-state index is 13.5. The first-order chi connectivity index (χ1) is 17.3. The molecule has 1 N–H and O–H groups in total. The largest absolute Gasteiger partial charge is 0.503 e. The summed E-state index contributed by atoms with van der Waals surface area (Å²) in [7, 11) is 0. The number of aliphatic hydroxyl groups excluding tert-OH is 1. The van der Waals surface area contributed by atoms with Crippen molar-refractivity contribution in [2.75, 3.05) is 11.5 Å². The molecule has 1 aliphatic heterocycles. The number of hydrogen-bond acceptors (Lipinski definition) is 7. The van der Waals surface area contributed by atoms with Crippen molar-refractivity contribution < 1.29 is 23.8 Å². The summed E-state index contributed by atoms with van der Waals surface area (Å²) >= 11 is 1.30. The number of aliphatic hydroxyl groups is 1. The third-order valence-corrected chi connectivity index (χ3v) is 7.22. The van der Waals surface area contributed by atoms with Gasteiger partial charge in [-0.05, 0) is 61.2 Å². The Morgan fingerprint density at radius 1 is 1.17 bits per heavy atom. The molecular weight excluding hydrogens is 476 g/mol. The molecule has 1 amide bonds. The summed E-state index contributed by atoms with van der Waals surface area (Å²) in [5.41, 5.74) is 2.49. The van der Waals surface area contributed by atoms with E-state index in [1.807, 2.05) is 49.4 Å². The van der Waals surface area contributed by atoms with Gasteiger partial charge < -0.3 is 14.3 Å². The molecule has 3 heterocycles. The zero-order valence-corrected chi connectivity index (χ0v) is 21.3. The van der Waals surface area contributed by atoms with Crippen LogP contribution in [-0.2, 0) is 4.79 Å². The first kappa shape index (κ1) is 23.8. The van der Waals surface area contributed by atoms with Gasteiger partial charge in [-0.3, -0.25) is 14.5 Å². The first-order valence-electron chi connectivity index (χ1n) is 11.8. The number of carbonyl (C=O) groups is 2. The second kappa shape index (κ2) is 9.28. The Balaban J connectivity index is 1.64. The Morgan fingerprint density at radius 3 is 2.56 bits per heavy atom. The van der Waals surface area contributed by atoms with E-state index in [4.69, 9.17) is 9.15 Å². The van der Waals surface area contributed by atoms with Crippen molar-refractivity contribution in [1.82, 2.24) is 4.98 Å². The minimum absolute atomic E-state index is 0.0269. The molecule has 184 valence electrons. The monoisotopic (exact) mass is 502 g/mol. The van der Waals surface area contributed by atoms with E-state index >= 15 is 0 Å². The molecule has 0 bridgehead atoms. The van der Waals surface area contributed by atoms with E-state index in [1.54, 1.807) is 19.1 Å². The predicted molar refractivity (Wildman–Crippen MR) is 139 cm³/mol. The third kappa shape index (κ3) is 4.07. The molecule has 0 spiro atoms. The van der Waals surface area contributed by atoms with Gasteiger partial charge in [-0.15, -0.1) is 0 Å². The minimum Gasteiger partial charge on any atom is -0.503 e. The molecule has 2 aromatic heterocycles. The number of carbonyl (C=O) groups excluding carboxylic acids is 2. The van der Waals surface area contributed by atoms with Crippen molar-refractivity contribution >= 4 is 38.4 Å². The lowest BCUT2D eigenvalue weighted by atomic mass is 9.93. The van der Waals surface area contributed by atoms with E-state index < -0.39 is 23.5 Å². The van der Waals surface area contributed by atoms with Crippen LogP contribution in [0.3, 0.4) is 0 Å². The maximum Gasteiger partial charge on any atom is 0.296 e. The average Bonchev–Trinajstić information content (AvgIpc) is 3.55. The number of ketones is 1. The fourth-order valence-corrected chi connectivity index (χ4v) is 5.38. The number of nitrogens with zero attached hydrogens (tertiary/aromatic N) is 2. The Bertz CT molecular complexity index is 1500. The number of ether oxygens (including phenoxy) is 1. The number of anilines is 1. The van der Waals surface area contributed by atoms with Crippen molar-refractivity contribution in [3.8, 4) is 5.75 Å². The van der Waals surface area contributed by atoms with E-state index in [9.17, 15) is 14.7 Å². The lowest BCUT2D eigenvalue weighted by Gasteiger charge is -2.24.